The zero-order valence-corrected chi connectivity index (χ0v) is 19.4. The average molecular weight is 433 g/mol. The molecule has 5 rings (SSSR count). The molecule has 4 bridgehead atoms. The zero-order chi connectivity index (χ0) is 21.5. The number of benzene rings is 1. The van der Waals surface area contributed by atoms with E-state index in [2.05, 4.69) is 31.3 Å². The molecule has 6 heteroatoms. The Morgan fingerprint density at radius 1 is 1.07 bits per heavy atom. The van der Waals surface area contributed by atoms with Crippen LogP contribution >= 0.6 is 0 Å². The molecule has 0 heterocycles. The molecule has 1 aromatic rings. The molecule has 4 aliphatic rings. The number of carbonyl (C=O) groups is 1. The lowest BCUT2D eigenvalue weighted by Gasteiger charge is -2.57. The van der Waals surface area contributed by atoms with E-state index in [1.165, 1.54) is 54.6 Å². The first-order chi connectivity index (χ1) is 14.1. The highest BCUT2D eigenvalue weighted by molar-refractivity contribution is 7.92. The molecule has 4 fully saturated rings. The minimum absolute atomic E-state index is 0.173. The summed E-state index contributed by atoms with van der Waals surface area (Å²) in [6, 6.07) is 8.04. The van der Waals surface area contributed by atoms with E-state index in [-0.39, 0.29) is 17.9 Å². The smallest absolute Gasteiger partial charge is 0.240 e. The van der Waals surface area contributed by atoms with Gasteiger partial charge in [0, 0.05) is 6.54 Å². The van der Waals surface area contributed by atoms with Gasteiger partial charge in [0.25, 0.3) is 0 Å². The van der Waals surface area contributed by atoms with Crippen LogP contribution in [0.15, 0.2) is 24.3 Å². The van der Waals surface area contributed by atoms with Gasteiger partial charge in [0.1, 0.15) is 6.54 Å². The Morgan fingerprint density at radius 2 is 1.60 bits per heavy atom. The summed E-state index contributed by atoms with van der Waals surface area (Å²) in [5, 5.41) is 2.84. The minimum atomic E-state index is -3.54. The first-order valence-corrected chi connectivity index (χ1v) is 13.3. The molecule has 4 aliphatic carbocycles. The highest BCUT2D eigenvalue weighted by Gasteiger charge is 2.51. The summed E-state index contributed by atoms with van der Waals surface area (Å²) in [6.07, 6.45) is 10.1. The SMILES string of the molecule is CC(C)CCNC(=O)CN(c1ccc(C23CC4CC(CC(C4)C2)C3)cc1)S(C)(=O)=O. The van der Waals surface area contributed by atoms with Crippen molar-refractivity contribution in [2.45, 2.75) is 64.2 Å². The highest BCUT2D eigenvalue weighted by atomic mass is 32.2. The van der Waals surface area contributed by atoms with Crippen LogP contribution in [0, 0.1) is 23.7 Å². The van der Waals surface area contributed by atoms with E-state index in [0.29, 0.717) is 18.2 Å². The van der Waals surface area contributed by atoms with Gasteiger partial charge in [-0.15, -0.1) is 0 Å². The number of rotatable bonds is 8. The minimum Gasteiger partial charge on any atom is -0.355 e. The van der Waals surface area contributed by atoms with Gasteiger partial charge in [-0.2, -0.15) is 0 Å². The fraction of sp³-hybridized carbons (Fsp3) is 0.708. The van der Waals surface area contributed by atoms with Crippen LogP contribution in [0.5, 0.6) is 0 Å². The average Bonchev–Trinajstić information content (AvgIpc) is 2.64. The van der Waals surface area contributed by atoms with E-state index in [0.717, 1.165) is 24.2 Å². The summed E-state index contributed by atoms with van der Waals surface area (Å²) < 4.78 is 26.0. The second-order valence-corrected chi connectivity index (χ2v) is 12.5. The molecule has 1 amide bonds. The van der Waals surface area contributed by atoms with Crippen LogP contribution in [0.25, 0.3) is 0 Å². The molecule has 0 aromatic heterocycles. The summed E-state index contributed by atoms with van der Waals surface area (Å²) in [4.78, 5) is 12.3. The van der Waals surface area contributed by atoms with E-state index in [4.69, 9.17) is 0 Å². The molecule has 166 valence electrons. The number of amides is 1. The van der Waals surface area contributed by atoms with Gasteiger partial charge in [-0.05, 0) is 91.7 Å². The molecule has 30 heavy (non-hydrogen) atoms. The topological polar surface area (TPSA) is 66.5 Å². The third-order valence-electron chi connectivity index (χ3n) is 7.54. The molecule has 4 saturated carbocycles. The second-order valence-electron chi connectivity index (χ2n) is 10.5. The van der Waals surface area contributed by atoms with Crippen molar-refractivity contribution in [1.29, 1.82) is 0 Å². The van der Waals surface area contributed by atoms with Gasteiger partial charge < -0.3 is 5.32 Å². The number of carbonyl (C=O) groups excluding carboxylic acids is 1. The van der Waals surface area contributed by atoms with Crippen molar-refractivity contribution in [3.63, 3.8) is 0 Å². The molecule has 5 nitrogen and oxygen atoms in total. The van der Waals surface area contributed by atoms with Gasteiger partial charge in [0.05, 0.1) is 11.9 Å². The number of hydrogen-bond acceptors (Lipinski definition) is 3. The number of sulfonamides is 1. The molecule has 1 N–H and O–H groups in total. The molecule has 1 aromatic carbocycles. The van der Waals surface area contributed by atoms with E-state index in [1.54, 1.807) is 0 Å². The van der Waals surface area contributed by atoms with Crippen molar-refractivity contribution < 1.29 is 13.2 Å². The van der Waals surface area contributed by atoms with Crippen molar-refractivity contribution in [3.05, 3.63) is 29.8 Å². The van der Waals surface area contributed by atoms with Crippen molar-refractivity contribution in [2.24, 2.45) is 23.7 Å². The highest BCUT2D eigenvalue weighted by Crippen LogP contribution is 2.60. The van der Waals surface area contributed by atoms with Crippen LogP contribution in [0.4, 0.5) is 5.69 Å². The van der Waals surface area contributed by atoms with Crippen LogP contribution in [-0.4, -0.2) is 33.7 Å². The Kier molecular flexibility index (Phi) is 5.90. The third kappa shape index (κ3) is 4.53. The van der Waals surface area contributed by atoms with Crippen molar-refractivity contribution in [3.8, 4) is 0 Å². The van der Waals surface area contributed by atoms with Gasteiger partial charge in [0.15, 0.2) is 0 Å². The number of hydrogen-bond donors (Lipinski definition) is 1. The molecule has 0 spiro atoms. The van der Waals surface area contributed by atoms with Crippen LogP contribution in [0.3, 0.4) is 0 Å². The molecular formula is C24H36N2O3S. The summed E-state index contributed by atoms with van der Waals surface area (Å²) in [5.41, 5.74) is 2.22. The maximum Gasteiger partial charge on any atom is 0.240 e. The number of anilines is 1. The quantitative estimate of drug-likeness (QED) is 0.673. The molecule has 0 saturated heterocycles. The first-order valence-electron chi connectivity index (χ1n) is 11.5. The molecule has 0 radical (unpaired) electrons. The Morgan fingerprint density at radius 3 is 2.07 bits per heavy atom. The molecule has 0 unspecified atom stereocenters. The van der Waals surface area contributed by atoms with Crippen LogP contribution in [0.2, 0.25) is 0 Å². The summed E-state index contributed by atoms with van der Waals surface area (Å²) in [5.74, 6) is 2.86. The predicted molar refractivity (Wildman–Crippen MR) is 121 cm³/mol. The Hall–Kier alpha value is -1.56. The lowest BCUT2D eigenvalue weighted by molar-refractivity contribution is -0.119. The van der Waals surface area contributed by atoms with Crippen molar-refractivity contribution >= 4 is 21.6 Å². The van der Waals surface area contributed by atoms with Gasteiger partial charge in [0.2, 0.25) is 15.9 Å². The Bertz CT molecular complexity index is 841. The Balaban J connectivity index is 1.49. The van der Waals surface area contributed by atoms with Gasteiger partial charge in [-0.25, -0.2) is 8.42 Å². The summed E-state index contributed by atoms with van der Waals surface area (Å²) in [7, 11) is -3.54. The van der Waals surface area contributed by atoms with Crippen LogP contribution in [-0.2, 0) is 20.2 Å². The van der Waals surface area contributed by atoms with Crippen LogP contribution < -0.4 is 9.62 Å². The summed E-state index contributed by atoms with van der Waals surface area (Å²) >= 11 is 0. The number of nitrogens with zero attached hydrogens (tertiary/aromatic N) is 1. The third-order valence-corrected chi connectivity index (χ3v) is 8.68. The Labute approximate surface area is 181 Å². The van der Waals surface area contributed by atoms with Crippen molar-refractivity contribution in [2.75, 3.05) is 23.7 Å². The molecule has 0 aliphatic heterocycles. The lowest BCUT2D eigenvalue weighted by Crippen LogP contribution is -2.48. The fourth-order valence-electron chi connectivity index (χ4n) is 6.53. The number of nitrogens with one attached hydrogen (secondary N) is 1. The summed E-state index contributed by atoms with van der Waals surface area (Å²) in [6.45, 7) is 4.59. The monoisotopic (exact) mass is 432 g/mol. The standard InChI is InChI=1S/C24H36N2O3S/c1-17(2)8-9-25-23(27)16-26(30(3,28)29)22-6-4-21(5-7-22)24-13-18-10-19(14-24)12-20(11-18)15-24/h4-7,17-20H,8-16H2,1-3H3,(H,25,27). The van der Waals surface area contributed by atoms with Gasteiger partial charge in [-0.3, -0.25) is 9.10 Å². The van der Waals surface area contributed by atoms with E-state index >= 15 is 0 Å². The fourth-order valence-corrected chi connectivity index (χ4v) is 7.39. The predicted octanol–water partition coefficient (Wildman–Crippen LogP) is 4.08. The van der Waals surface area contributed by atoms with Gasteiger partial charge in [-0.1, -0.05) is 26.0 Å². The van der Waals surface area contributed by atoms with Gasteiger partial charge >= 0.3 is 0 Å². The molecule has 0 atom stereocenters. The molecular weight excluding hydrogens is 396 g/mol. The lowest BCUT2D eigenvalue weighted by atomic mass is 9.48. The van der Waals surface area contributed by atoms with E-state index in [9.17, 15) is 13.2 Å². The van der Waals surface area contributed by atoms with E-state index < -0.39 is 10.0 Å². The second kappa shape index (κ2) is 8.18. The van der Waals surface area contributed by atoms with Crippen molar-refractivity contribution in [1.82, 2.24) is 5.32 Å². The first kappa shape index (κ1) is 21.7. The zero-order valence-electron chi connectivity index (χ0n) is 18.6. The largest absolute Gasteiger partial charge is 0.355 e. The normalized spacial score (nSPS) is 29.9. The van der Waals surface area contributed by atoms with E-state index in [1.807, 2.05) is 12.1 Å². The van der Waals surface area contributed by atoms with Crippen LogP contribution in [0.1, 0.15) is 64.4 Å². The maximum absolute atomic E-state index is 12.4. The maximum atomic E-state index is 12.4.